The molecule has 3 aromatic rings. The van der Waals surface area contributed by atoms with Gasteiger partial charge in [0.25, 0.3) is 0 Å². The number of benzene rings is 2. The van der Waals surface area contributed by atoms with Gasteiger partial charge in [0.05, 0.1) is 0 Å². The van der Waals surface area contributed by atoms with Gasteiger partial charge in [-0.1, -0.05) is 34.6 Å². The van der Waals surface area contributed by atoms with Crippen molar-refractivity contribution in [1.29, 1.82) is 0 Å². The van der Waals surface area contributed by atoms with E-state index in [2.05, 4.69) is 87.7 Å². The molecule has 1 aliphatic heterocycles. The zero-order chi connectivity index (χ0) is 14.6. The van der Waals surface area contributed by atoms with Crippen molar-refractivity contribution in [2.75, 3.05) is 4.90 Å². The van der Waals surface area contributed by atoms with E-state index in [0.717, 1.165) is 16.7 Å². The van der Waals surface area contributed by atoms with Crippen molar-refractivity contribution in [3.8, 4) is 0 Å². The Morgan fingerprint density at radius 3 is 2.81 bits per heavy atom. The molecule has 0 bridgehead atoms. The average molecular weight is 339 g/mol. The Hall–Kier alpha value is -2.00. The summed E-state index contributed by atoms with van der Waals surface area (Å²) in [5.41, 5.74) is 6.08. The molecule has 0 radical (unpaired) electrons. The summed E-state index contributed by atoms with van der Waals surface area (Å²) < 4.78 is 3.27. The van der Waals surface area contributed by atoms with Gasteiger partial charge in [0.15, 0.2) is 0 Å². The van der Waals surface area contributed by atoms with Crippen molar-refractivity contribution < 1.29 is 0 Å². The van der Waals surface area contributed by atoms with Crippen molar-refractivity contribution in [1.82, 2.24) is 4.57 Å². The minimum absolute atomic E-state index is 0.879. The summed E-state index contributed by atoms with van der Waals surface area (Å²) in [4.78, 5) is 2.28. The maximum absolute atomic E-state index is 4.28. The first-order chi connectivity index (χ1) is 10.1. The van der Waals surface area contributed by atoms with Gasteiger partial charge >= 0.3 is 0 Å². The van der Waals surface area contributed by atoms with E-state index in [1.54, 1.807) is 0 Å². The van der Waals surface area contributed by atoms with Gasteiger partial charge in [-0.2, -0.15) is 0 Å². The number of fused-ring (bicyclic) bond motifs is 2. The zero-order valence-electron chi connectivity index (χ0n) is 11.8. The number of rotatable bonds is 1. The quantitative estimate of drug-likeness (QED) is 0.610. The molecule has 21 heavy (non-hydrogen) atoms. The lowest BCUT2D eigenvalue weighted by Crippen LogP contribution is -2.12. The highest BCUT2D eigenvalue weighted by Crippen LogP contribution is 2.37. The summed E-state index contributed by atoms with van der Waals surface area (Å²) in [5, 5.41) is 1.27. The third-order valence-corrected chi connectivity index (χ3v) is 4.71. The molecule has 0 fully saturated rings. The van der Waals surface area contributed by atoms with Crippen molar-refractivity contribution in [2.45, 2.75) is 6.54 Å². The van der Waals surface area contributed by atoms with E-state index < -0.39 is 0 Å². The fraction of sp³-hybridized carbons (Fsp3) is 0.111. The molecule has 2 heterocycles. The molecule has 0 saturated heterocycles. The van der Waals surface area contributed by atoms with Gasteiger partial charge in [-0.05, 0) is 41.3 Å². The Morgan fingerprint density at radius 1 is 1.10 bits per heavy atom. The lowest BCUT2D eigenvalue weighted by atomic mass is 10.1. The van der Waals surface area contributed by atoms with Crippen LogP contribution in [0, 0.1) is 0 Å². The summed E-state index contributed by atoms with van der Waals surface area (Å²) in [6.07, 6.45) is 2.10. The highest BCUT2D eigenvalue weighted by atomic mass is 79.9. The molecule has 0 N–H and O–H groups in total. The van der Waals surface area contributed by atoms with Crippen LogP contribution in [-0.4, -0.2) is 4.57 Å². The van der Waals surface area contributed by atoms with Gasteiger partial charge in [-0.25, -0.2) is 0 Å². The number of aromatic nitrogens is 1. The van der Waals surface area contributed by atoms with E-state index in [1.165, 1.54) is 27.7 Å². The Balaban J connectivity index is 1.80. The number of halogens is 1. The summed E-state index contributed by atoms with van der Waals surface area (Å²) >= 11 is 3.55. The summed E-state index contributed by atoms with van der Waals surface area (Å²) in [5.74, 6) is 0. The maximum atomic E-state index is 4.28. The lowest BCUT2D eigenvalue weighted by molar-refractivity contribution is 0.967. The Morgan fingerprint density at radius 2 is 1.95 bits per heavy atom. The van der Waals surface area contributed by atoms with Crippen molar-refractivity contribution in [2.24, 2.45) is 7.05 Å². The number of hydrogen-bond donors (Lipinski definition) is 0. The Labute approximate surface area is 132 Å². The second-order valence-corrected chi connectivity index (χ2v) is 6.42. The largest absolute Gasteiger partial charge is 0.350 e. The van der Waals surface area contributed by atoms with E-state index >= 15 is 0 Å². The number of anilines is 1. The molecular weight excluding hydrogens is 324 g/mol. The fourth-order valence-corrected chi connectivity index (χ4v) is 3.46. The molecule has 0 amide bonds. The van der Waals surface area contributed by atoms with E-state index in [9.17, 15) is 0 Å². The normalized spacial score (nSPS) is 14.0. The number of nitrogens with zero attached hydrogens (tertiary/aromatic N) is 2. The Bertz CT molecular complexity index is 876. The summed E-state index contributed by atoms with van der Waals surface area (Å²) in [7, 11) is 2.08. The van der Waals surface area contributed by atoms with Crippen LogP contribution >= 0.6 is 15.9 Å². The first kappa shape index (κ1) is 12.7. The SMILES string of the molecule is C=C1c2ccc(Br)cc2CN1c1ccc2ccn(C)c2c1. The first-order valence-electron chi connectivity index (χ1n) is 6.94. The van der Waals surface area contributed by atoms with Crippen molar-refractivity contribution in [3.05, 3.63) is 70.8 Å². The van der Waals surface area contributed by atoms with Crippen LogP contribution in [0.25, 0.3) is 16.6 Å². The predicted octanol–water partition coefficient (Wildman–Crippen LogP) is 4.93. The molecule has 0 spiro atoms. The minimum Gasteiger partial charge on any atom is -0.350 e. The fourth-order valence-electron chi connectivity index (χ4n) is 3.05. The minimum atomic E-state index is 0.879. The molecule has 3 heteroatoms. The van der Waals surface area contributed by atoms with Crippen LogP contribution in [0.5, 0.6) is 0 Å². The highest BCUT2D eigenvalue weighted by molar-refractivity contribution is 9.10. The van der Waals surface area contributed by atoms with E-state index in [4.69, 9.17) is 0 Å². The molecule has 0 atom stereocenters. The van der Waals surface area contributed by atoms with Crippen LogP contribution in [0.2, 0.25) is 0 Å². The van der Waals surface area contributed by atoms with E-state index in [0.29, 0.717) is 0 Å². The number of hydrogen-bond acceptors (Lipinski definition) is 1. The lowest BCUT2D eigenvalue weighted by Gasteiger charge is -2.20. The monoisotopic (exact) mass is 338 g/mol. The van der Waals surface area contributed by atoms with Crippen molar-refractivity contribution >= 4 is 38.2 Å². The van der Waals surface area contributed by atoms with Crippen LogP contribution in [0.3, 0.4) is 0 Å². The molecule has 0 aliphatic carbocycles. The molecule has 0 unspecified atom stereocenters. The Kier molecular flexibility index (Phi) is 2.73. The van der Waals surface area contributed by atoms with Gasteiger partial charge in [-0.15, -0.1) is 0 Å². The topological polar surface area (TPSA) is 8.17 Å². The highest BCUT2D eigenvalue weighted by Gasteiger charge is 2.23. The zero-order valence-corrected chi connectivity index (χ0v) is 13.4. The van der Waals surface area contributed by atoms with Crippen LogP contribution in [-0.2, 0) is 13.6 Å². The van der Waals surface area contributed by atoms with Crippen LogP contribution < -0.4 is 4.90 Å². The van der Waals surface area contributed by atoms with Crippen LogP contribution in [0.1, 0.15) is 11.1 Å². The van der Waals surface area contributed by atoms with Crippen molar-refractivity contribution in [3.63, 3.8) is 0 Å². The van der Waals surface area contributed by atoms with Gasteiger partial charge < -0.3 is 9.47 Å². The standard InChI is InChI=1S/C18H15BrN2/c1-12-17-6-4-15(19)9-14(17)11-21(12)16-5-3-13-7-8-20(2)18(13)10-16/h3-10H,1,11H2,2H3. The van der Waals surface area contributed by atoms with Gasteiger partial charge in [-0.3, -0.25) is 0 Å². The van der Waals surface area contributed by atoms with Crippen LogP contribution in [0.4, 0.5) is 5.69 Å². The molecule has 104 valence electrons. The molecule has 2 nitrogen and oxygen atoms in total. The van der Waals surface area contributed by atoms with Gasteiger partial charge in [0.1, 0.15) is 0 Å². The molecule has 0 saturated carbocycles. The third-order valence-electron chi connectivity index (χ3n) is 4.22. The second-order valence-electron chi connectivity index (χ2n) is 5.50. The second kappa shape index (κ2) is 4.50. The maximum Gasteiger partial charge on any atom is 0.0498 e. The molecule has 2 aromatic carbocycles. The first-order valence-corrected chi connectivity index (χ1v) is 7.73. The summed E-state index contributed by atoms with van der Waals surface area (Å²) in [6.45, 7) is 5.16. The molecule has 4 rings (SSSR count). The van der Waals surface area contributed by atoms with Gasteiger partial charge in [0, 0.05) is 46.7 Å². The molecular formula is C18H15BrN2. The third kappa shape index (κ3) is 1.92. The molecule has 1 aliphatic rings. The van der Waals surface area contributed by atoms with Crippen LogP contribution in [0.15, 0.2) is 59.7 Å². The van der Waals surface area contributed by atoms with E-state index in [-0.39, 0.29) is 0 Å². The predicted molar refractivity (Wildman–Crippen MR) is 92.3 cm³/mol. The van der Waals surface area contributed by atoms with E-state index in [1.807, 2.05) is 0 Å². The smallest absolute Gasteiger partial charge is 0.0498 e. The van der Waals surface area contributed by atoms with Gasteiger partial charge in [0.2, 0.25) is 0 Å². The number of aryl methyl sites for hydroxylation is 1. The summed E-state index contributed by atoms with van der Waals surface area (Å²) in [6, 6.07) is 15.1. The average Bonchev–Trinajstić information content (AvgIpc) is 3.00. The molecule has 1 aromatic heterocycles.